The quantitative estimate of drug-likeness (QED) is 0.830. The Labute approximate surface area is 98.0 Å². The third-order valence-corrected chi connectivity index (χ3v) is 4.25. The summed E-state index contributed by atoms with van der Waals surface area (Å²) < 4.78 is 25.0. The maximum absolute atomic E-state index is 11.8. The summed E-state index contributed by atoms with van der Waals surface area (Å²) in [7, 11) is -1.84. The van der Waals surface area contributed by atoms with Gasteiger partial charge >= 0.3 is 0 Å². The van der Waals surface area contributed by atoms with E-state index in [1.165, 1.54) is 16.6 Å². The fraction of sp³-hybridized carbons (Fsp3) is 0.625. The Morgan fingerprint density at radius 1 is 1.67 bits per heavy atom. The SMILES string of the molecule is CC(Br)CCN(C)S(=O)(=O)c1ccn[nH]1. The van der Waals surface area contributed by atoms with Gasteiger partial charge in [0.25, 0.3) is 10.0 Å². The molecule has 0 fully saturated rings. The van der Waals surface area contributed by atoms with Crippen LogP contribution in [0.25, 0.3) is 0 Å². The lowest BCUT2D eigenvalue weighted by Crippen LogP contribution is -2.29. The van der Waals surface area contributed by atoms with E-state index in [0.717, 1.165) is 6.42 Å². The van der Waals surface area contributed by atoms with E-state index < -0.39 is 10.0 Å². The van der Waals surface area contributed by atoms with E-state index in [1.807, 2.05) is 6.92 Å². The number of alkyl halides is 1. The lowest BCUT2D eigenvalue weighted by atomic mass is 10.3. The van der Waals surface area contributed by atoms with Crippen LogP contribution < -0.4 is 0 Å². The molecular formula is C8H14BrN3O2S. The van der Waals surface area contributed by atoms with E-state index in [-0.39, 0.29) is 5.03 Å². The molecule has 0 spiro atoms. The summed E-state index contributed by atoms with van der Waals surface area (Å²) in [4.78, 5) is 0.303. The van der Waals surface area contributed by atoms with Crippen LogP contribution in [0.4, 0.5) is 0 Å². The molecule has 1 N–H and O–H groups in total. The molecule has 15 heavy (non-hydrogen) atoms. The molecule has 0 aliphatic carbocycles. The van der Waals surface area contributed by atoms with Crippen LogP contribution in [0.2, 0.25) is 0 Å². The second kappa shape index (κ2) is 5.09. The highest BCUT2D eigenvalue weighted by Crippen LogP contribution is 2.12. The average Bonchev–Trinajstić information content (AvgIpc) is 2.66. The Bertz CT molecular complexity index is 388. The maximum atomic E-state index is 11.8. The van der Waals surface area contributed by atoms with Gasteiger partial charge in [0.15, 0.2) is 5.03 Å². The van der Waals surface area contributed by atoms with Gasteiger partial charge in [0.2, 0.25) is 0 Å². The van der Waals surface area contributed by atoms with E-state index >= 15 is 0 Å². The summed E-state index contributed by atoms with van der Waals surface area (Å²) >= 11 is 3.38. The first-order chi connectivity index (χ1) is 6.94. The molecule has 0 aromatic carbocycles. The molecule has 7 heteroatoms. The minimum Gasteiger partial charge on any atom is -0.266 e. The van der Waals surface area contributed by atoms with E-state index in [2.05, 4.69) is 26.1 Å². The molecule has 0 aliphatic heterocycles. The number of H-pyrrole nitrogens is 1. The Kier molecular flexibility index (Phi) is 4.30. The van der Waals surface area contributed by atoms with Gasteiger partial charge in [-0.3, -0.25) is 5.10 Å². The molecule has 0 bridgehead atoms. The molecule has 1 unspecified atom stereocenters. The van der Waals surface area contributed by atoms with Crippen molar-refractivity contribution in [2.45, 2.75) is 23.2 Å². The van der Waals surface area contributed by atoms with Crippen molar-refractivity contribution in [1.29, 1.82) is 0 Å². The van der Waals surface area contributed by atoms with Gasteiger partial charge in [-0.25, -0.2) is 8.42 Å². The molecule has 1 heterocycles. The highest BCUT2D eigenvalue weighted by Gasteiger charge is 2.21. The normalized spacial score (nSPS) is 14.4. The number of hydrogen-bond acceptors (Lipinski definition) is 3. The van der Waals surface area contributed by atoms with Crippen molar-refractivity contribution in [2.24, 2.45) is 0 Å². The number of nitrogens with one attached hydrogen (secondary N) is 1. The van der Waals surface area contributed by atoms with Crippen LogP contribution in [0.3, 0.4) is 0 Å². The van der Waals surface area contributed by atoms with Crippen LogP contribution in [-0.2, 0) is 10.0 Å². The molecule has 0 saturated heterocycles. The van der Waals surface area contributed by atoms with Crippen molar-refractivity contribution < 1.29 is 8.42 Å². The molecule has 1 atom stereocenters. The van der Waals surface area contributed by atoms with Gasteiger partial charge in [-0.1, -0.05) is 22.9 Å². The minimum absolute atomic E-state index is 0.132. The summed E-state index contributed by atoms with van der Waals surface area (Å²) in [5.41, 5.74) is 0. The zero-order valence-electron chi connectivity index (χ0n) is 8.64. The molecular weight excluding hydrogens is 282 g/mol. The maximum Gasteiger partial charge on any atom is 0.259 e. The minimum atomic E-state index is -3.40. The molecule has 1 rings (SSSR count). The van der Waals surface area contributed by atoms with Crippen molar-refractivity contribution in [1.82, 2.24) is 14.5 Å². The zero-order valence-corrected chi connectivity index (χ0v) is 11.0. The van der Waals surface area contributed by atoms with Crippen LogP contribution >= 0.6 is 15.9 Å². The molecule has 0 aliphatic rings. The standard InChI is InChI=1S/C8H14BrN3O2S/c1-7(9)4-6-12(2)15(13,14)8-3-5-10-11-8/h3,5,7H,4,6H2,1-2H3,(H,10,11). The van der Waals surface area contributed by atoms with Crippen molar-refractivity contribution in [2.75, 3.05) is 13.6 Å². The first-order valence-electron chi connectivity index (χ1n) is 4.54. The van der Waals surface area contributed by atoms with Gasteiger partial charge in [-0.2, -0.15) is 9.40 Å². The fourth-order valence-electron chi connectivity index (χ4n) is 1.03. The Morgan fingerprint density at radius 2 is 2.33 bits per heavy atom. The van der Waals surface area contributed by atoms with Crippen molar-refractivity contribution in [3.63, 3.8) is 0 Å². The highest BCUT2D eigenvalue weighted by molar-refractivity contribution is 9.09. The molecule has 1 aromatic rings. The van der Waals surface area contributed by atoms with Crippen LogP contribution in [0.5, 0.6) is 0 Å². The van der Waals surface area contributed by atoms with Gasteiger partial charge in [0, 0.05) is 18.4 Å². The Hall–Kier alpha value is -0.400. The second-order valence-corrected chi connectivity index (χ2v) is 6.89. The van der Waals surface area contributed by atoms with E-state index in [9.17, 15) is 8.42 Å². The fourth-order valence-corrected chi connectivity index (χ4v) is 2.32. The topological polar surface area (TPSA) is 66.1 Å². The number of aromatic amines is 1. The van der Waals surface area contributed by atoms with Gasteiger partial charge < -0.3 is 0 Å². The number of aromatic nitrogens is 2. The monoisotopic (exact) mass is 295 g/mol. The summed E-state index contributed by atoms with van der Waals surface area (Å²) in [5, 5.41) is 6.21. The number of nitrogens with zero attached hydrogens (tertiary/aromatic N) is 2. The van der Waals surface area contributed by atoms with Crippen LogP contribution in [0.1, 0.15) is 13.3 Å². The molecule has 5 nitrogen and oxygen atoms in total. The van der Waals surface area contributed by atoms with Gasteiger partial charge in [0.05, 0.1) is 6.20 Å². The molecule has 0 amide bonds. The van der Waals surface area contributed by atoms with Crippen LogP contribution in [0.15, 0.2) is 17.3 Å². The summed E-state index contributed by atoms with van der Waals surface area (Å²) in [6.07, 6.45) is 2.19. The van der Waals surface area contributed by atoms with Crippen molar-refractivity contribution >= 4 is 26.0 Å². The third-order valence-electron chi connectivity index (χ3n) is 2.01. The average molecular weight is 296 g/mol. The van der Waals surface area contributed by atoms with E-state index in [0.29, 0.717) is 11.4 Å². The Morgan fingerprint density at radius 3 is 2.80 bits per heavy atom. The highest BCUT2D eigenvalue weighted by atomic mass is 79.9. The first kappa shape index (κ1) is 12.7. The number of hydrogen-bond donors (Lipinski definition) is 1. The second-order valence-electron chi connectivity index (χ2n) is 3.32. The lowest BCUT2D eigenvalue weighted by molar-refractivity contribution is 0.459. The van der Waals surface area contributed by atoms with Gasteiger partial charge in [0.1, 0.15) is 0 Å². The predicted octanol–water partition coefficient (Wildman–Crippen LogP) is 1.20. The lowest BCUT2D eigenvalue weighted by Gasteiger charge is -2.16. The zero-order chi connectivity index (χ0) is 11.5. The Balaban J connectivity index is 2.71. The van der Waals surface area contributed by atoms with Crippen LogP contribution in [0, 0.1) is 0 Å². The predicted molar refractivity (Wildman–Crippen MR) is 61.4 cm³/mol. The molecule has 0 saturated carbocycles. The van der Waals surface area contributed by atoms with Crippen molar-refractivity contribution in [3.05, 3.63) is 12.3 Å². The molecule has 86 valence electrons. The van der Waals surface area contributed by atoms with Crippen molar-refractivity contribution in [3.8, 4) is 0 Å². The van der Waals surface area contributed by atoms with Crippen LogP contribution in [-0.4, -0.2) is 41.3 Å². The summed E-state index contributed by atoms with van der Waals surface area (Å²) in [6.45, 7) is 2.46. The number of sulfonamides is 1. The van der Waals surface area contributed by atoms with Gasteiger partial charge in [-0.15, -0.1) is 0 Å². The number of halogens is 1. The van der Waals surface area contributed by atoms with E-state index in [1.54, 1.807) is 7.05 Å². The first-order valence-corrected chi connectivity index (χ1v) is 6.90. The molecule has 1 aromatic heterocycles. The largest absolute Gasteiger partial charge is 0.266 e. The van der Waals surface area contributed by atoms with E-state index in [4.69, 9.17) is 0 Å². The molecule has 0 radical (unpaired) electrons. The number of rotatable bonds is 5. The summed E-state index contributed by atoms with van der Waals surface area (Å²) in [5.74, 6) is 0. The third kappa shape index (κ3) is 3.29. The van der Waals surface area contributed by atoms with Gasteiger partial charge in [-0.05, 0) is 12.5 Å². The summed E-state index contributed by atoms with van der Waals surface area (Å²) in [6, 6.07) is 1.45. The smallest absolute Gasteiger partial charge is 0.259 e.